The van der Waals surface area contributed by atoms with Crippen LogP contribution >= 0.6 is 0 Å². The molecule has 0 spiro atoms. The van der Waals surface area contributed by atoms with Gasteiger partial charge in [0.25, 0.3) is 0 Å². The van der Waals surface area contributed by atoms with E-state index < -0.39 is 0 Å². The molecule has 3 N–H and O–H groups in total. The summed E-state index contributed by atoms with van der Waals surface area (Å²) < 4.78 is 24.3. The zero-order valence-electron chi connectivity index (χ0n) is 18.8. The molecule has 3 aliphatic carbocycles. The van der Waals surface area contributed by atoms with E-state index in [1.54, 1.807) is 0 Å². The second-order valence-electron chi connectivity index (χ2n) is 10.4. The molecule has 5 nitrogen and oxygen atoms in total. The van der Waals surface area contributed by atoms with Crippen LogP contribution in [0.3, 0.4) is 0 Å². The third-order valence-electron chi connectivity index (χ3n) is 8.66. The number of carbonyl (C=O) groups excluding carboxylic acids is 1. The van der Waals surface area contributed by atoms with Gasteiger partial charge in [0.15, 0.2) is 0 Å². The van der Waals surface area contributed by atoms with Gasteiger partial charge in [-0.15, -0.1) is 0 Å². The second-order valence-corrected chi connectivity index (χ2v) is 10.4. The minimum Gasteiger partial charge on any atom is -0.489 e. The van der Waals surface area contributed by atoms with Gasteiger partial charge in [-0.05, 0) is 87.3 Å². The lowest BCUT2D eigenvalue weighted by molar-refractivity contribution is -0.139. The van der Waals surface area contributed by atoms with Crippen LogP contribution < -0.4 is 15.8 Å². The van der Waals surface area contributed by atoms with Gasteiger partial charge in [-0.3, -0.25) is 4.79 Å². The van der Waals surface area contributed by atoms with Gasteiger partial charge < -0.3 is 20.5 Å². The molecular weight excluding hydrogens is 407 g/mol. The Kier molecular flexibility index (Phi) is 6.01. The number of amides is 1. The van der Waals surface area contributed by atoms with E-state index in [1.807, 2.05) is 12.1 Å². The third kappa shape index (κ3) is 4.08. The summed E-state index contributed by atoms with van der Waals surface area (Å²) in [5.41, 5.74) is 7.24. The molecule has 2 heterocycles. The predicted molar refractivity (Wildman–Crippen MR) is 121 cm³/mol. The average Bonchev–Trinajstić information content (AvgIpc) is 3.19. The number of carbonyl (C=O) groups is 1. The number of hydrogen-bond acceptors (Lipinski definition) is 4. The molecule has 5 aliphatic rings. The van der Waals surface area contributed by atoms with E-state index in [1.165, 1.54) is 5.56 Å². The van der Waals surface area contributed by atoms with Crippen LogP contribution in [0.1, 0.15) is 69.8 Å². The van der Waals surface area contributed by atoms with Crippen molar-refractivity contribution < 1.29 is 18.7 Å². The largest absolute Gasteiger partial charge is 0.489 e. The Hall–Kier alpha value is -1.92. The maximum absolute atomic E-state index is 13.3. The first-order valence-corrected chi connectivity index (χ1v) is 12.2. The summed E-state index contributed by atoms with van der Waals surface area (Å²) in [6.07, 6.45) is 11.5. The standard InChI is InChI=1S/C26H35FN2O3/c27-15-18(16-28)17-31-21-3-1-19(2-4-21)25-7-10-26(11-8-25,12-9-25)24(30)29-20-13-22-5-6-23(14-20)32-22/h1-4,15,20,22-23H,5-14,16-17,28H2,(H,29,30). The topological polar surface area (TPSA) is 73.6 Å². The fourth-order valence-corrected chi connectivity index (χ4v) is 6.49. The van der Waals surface area contributed by atoms with E-state index in [0.29, 0.717) is 24.1 Å². The highest BCUT2D eigenvalue weighted by Crippen LogP contribution is 2.58. The number of hydrogen-bond donors (Lipinski definition) is 2. The van der Waals surface area contributed by atoms with Gasteiger partial charge in [-0.2, -0.15) is 0 Å². The number of nitrogens with one attached hydrogen (secondary N) is 1. The van der Waals surface area contributed by atoms with Crippen LogP contribution in [0.5, 0.6) is 5.75 Å². The third-order valence-corrected chi connectivity index (χ3v) is 8.66. The van der Waals surface area contributed by atoms with E-state index in [0.717, 1.165) is 70.0 Å². The summed E-state index contributed by atoms with van der Waals surface area (Å²) in [7, 11) is 0. The Bertz CT molecular complexity index is 832. The van der Waals surface area contributed by atoms with Crippen molar-refractivity contribution in [1.29, 1.82) is 0 Å². The monoisotopic (exact) mass is 442 g/mol. The van der Waals surface area contributed by atoms with E-state index in [4.69, 9.17) is 15.2 Å². The van der Waals surface area contributed by atoms with E-state index in [2.05, 4.69) is 17.4 Å². The van der Waals surface area contributed by atoms with Crippen LogP contribution in [-0.2, 0) is 14.9 Å². The molecule has 5 fully saturated rings. The molecule has 6 heteroatoms. The molecule has 2 atom stereocenters. The minimum absolute atomic E-state index is 0.155. The van der Waals surface area contributed by atoms with E-state index in [9.17, 15) is 9.18 Å². The van der Waals surface area contributed by atoms with Crippen LogP contribution in [-0.4, -0.2) is 37.3 Å². The van der Waals surface area contributed by atoms with Crippen molar-refractivity contribution in [2.75, 3.05) is 13.2 Å². The molecule has 4 bridgehead atoms. The first-order chi connectivity index (χ1) is 15.5. The van der Waals surface area contributed by atoms with Crippen molar-refractivity contribution in [3.8, 4) is 5.75 Å². The minimum atomic E-state index is -0.181. The summed E-state index contributed by atoms with van der Waals surface area (Å²) in [4.78, 5) is 13.3. The van der Waals surface area contributed by atoms with Gasteiger partial charge in [0, 0.05) is 23.6 Å². The maximum Gasteiger partial charge on any atom is 0.226 e. The molecule has 1 aromatic carbocycles. The molecule has 2 unspecified atom stereocenters. The first kappa shape index (κ1) is 21.9. The molecule has 32 heavy (non-hydrogen) atoms. The molecule has 1 aromatic rings. The van der Waals surface area contributed by atoms with Gasteiger partial charge in [0.2, 0.25) is 5.91 Å². The zero-order chi connectivity index (χ0) is 22.2. The zero-order valence-corrected chi connectivity index (χ0v) is 18.8. The molecule has 0 radical (unpaired) electrons. The van der Waals surface area contributed by atoms with Crippen LogP contribution in [0, 0.1) is 5.41 Å². The van der Waals surface area contributed by atoms with Gasteiger partial charge in [0.05, 0.1) is 18.5 Å². The van der Waals surface area contributed by atoms with Crippen LogP contribution in [0.15, 0.2) is 36.2 Å². The lowest BCUT2D eigenvalue weighted by atomic mass is 9.51. The van der Waals surface area contributed by atoms with Gasteiger partial charge in [-0.25, -0.2) is 4.39 Å². The van der Waals surface area contributed by atoms with E-state index >= 15 is 0 Å². The van der Waals surface area contributed by atoms with Crippen molar-refractivity contribution in [1.82, 2.24) is 5.32 Å². The Labute approximate surface area is 189 Å². The molecule has 174 valence electrons. The van der Waals surface area contributed by atoms with Gasteiger partial charge >= 0.3 is 0 Å². The molecule has 2 saturated heterocycles. The summed E-state index contributed by atoms with van der Waals surface area (Å²) >= 11 is 0. The summed E-state index contributed by atoms with van der Waals surface area (Å²) in [6.45, 7) is 0.326. The van der Waals surface area contributed by atoms with Crippen molar-refractivity contribution >= 4 is 5.91 Å². The smallest absolute Gasteiger partial charge is 0.226 e. The number of nitrogens with two attached hydrogens (primary N) is 1. The molecule has 2 aliphatic heterocycles. The fourth-order valence-electron chi connectivity index (χ4n) is 6.49. The van der Waals surface area contributed by atoms with Crippen LogP contribution in [0.2, 0.25) is 0 Å². The summed E-state index contributed by atoms with van der Waals surface area (Å²) in [5, 5.41) is 3.42. The van der Waals surface area contributed by atoms with Crippen molar-refractivity contribution in [2.24, 2.45) is 11.1 Å². The maximum atomic E-state index is 13.3. The van der Waals surface area contributed by atoms with Crippen molar-refractivity contribution in [3.05, 3.63) is 41.7 Å². The highest BCUT2D eigenvalue weighted by atomic mass is 19.1. The quantitative estimate of drug-likeness (QED) is 0.661. The molecule has 0 aromatic heterocycles. The van der Waals surface area contributed by atoms with Gasteiger partial charge in [0.1, 0.15) is 12.4 Å². The van der Waals surface area contributed by atoms with Crippen molar-refractivity contribution in [2.45, 2.75) is 87.9 Å². The normalized spacial score (nSPS) is 36.2. The highest BCUT2D eigenvalue weighted by molar-refractivity contribution is 5.83. The highest BCUT2D eigenvalue weighted by Gasteiger charge is 2.53. The molecule has 6 rings (SSSR count). The number of benzene rings is 1. The van der Waals surface area contributed by atoms with Crippen LogP contribution in [0.4, 0.5) is 4.39 Å². The lowest BCUT2D eigenvalue weighted by Gasteiger charge is -2.53. The van der Waals surface area contributed by atoms with Crippen molar-refractivity contribution in [3.63, 3.8) is 0 Å². The summed E-state index contributed by atoms with van der Waals surface area (Å²) in [5.74, 6) is 1.01. The Morgan fingerprint density at radius 3 is 2.28 bits per heavy atom. The summed E-state index contributed by atoms with van der Waals surface area (Å²) in [6, 6.07) is 8.52. The van der Waals surface area contributed by atoms with E-state index in [-0.39, 0.29) is 35.9 Å². The number of ether oxygens (including phenoxy) is 2. The van der Waals surface area contributed by atoms with Crippen LogP contribution in [0.25, 0.3) is 0 Å². The number of halogens is 1. The second kappa shape index (κ2) is 8.79. The Morgan fingerprint density at radius 2 is 1.72 bits per heavy atom. The Morgan fingerprint density at radius 1 is 1.09 bits per heavy atom. The molecule has 3 saturated carbocycles. The predicted octanol–water partition coefficient (Wildman–Crippen LogP) is 4.30. The molecule has 1 amide bonds. The molecular formula is C26H35FN2O3. The first-order valence-electron chi connectivity index (χ1n) is 12.2. The SMILES string of the molecule is NCC(=CF)COc1ccc(C23CCC(C(=O)NC4CC5CCC(C4)O5)(CC2)CC3)cc1. The van der Waals surface area contributed by atoms with Gasteiger partial charge in [-0.1, -0.05) is 12.1 Å². The number of fused-ring (bicyclic) bond motifs is 5. The lowest BCUT2D eigenvalue weighted by Crippen LogP contribution is -2.54. The fraction of sp³-hybridized carbons (Fsp3) is 0.654. The average molecular weight is 443 g/mol. The Balaban J connectivity index is 1.18. The number of rotatable bonds is 7.